The molecule has 0 fully saturated rings. The molecule has 0 aromatic heterocycles. The maximum Gasteiger partial charge on any atom is 0.0988 e. The maximum atomic E-state index is 8.68. The Bertz CT molecular complexity index is 223. The van der Waals surface area contributed by atoms with E-state index < -0.39 is 0 Å². The van der Waals surface area contributed by atoms with Crippen molar-refractivity contribution in [2.45, 2.75) is 13.8 Å². The summed E-state index contributed by atoms with van der Waals surface area (Å²) in [6.07, 6.45) is 3.57. The molecule has 1 unspecified atom stereocenters. The van der Waals surface area contributed by atoms with Crippen LogP contribution in [-0.4, -0.2) is 13.6 Å². The second-order valence-corrected chi connectivity index (χ2v) is 3.33. The third-order valence-electron chi connectivity index (χ3n) is 2.22. The Morgan fingerprint density at radius 2 is 2.23 bits per heavy atom. The molecular weight excluding hydrogens is 160 g/mol. The number of nitrogens with one attached hydrogen (secondary N) is 1. The van der Waals surface area contributed by atoms with Crippen LogP contribution in [0.2, 0.25) is 0 Å². The van der Waals surface area contributed by atoms with E-state index in [1.165, 1.54) is 0 Å². The largest absolute Gasteiger partial charge is 0.319 e. The van der Waals surface area contributed by atoms with Gasteiger partial charge in [0, 0.05) is 5.57 Å². The van der Waals surface area contributed by atoms with Crippen LogP contribution in [0, 0.1) is 23.2 Å². The molecular formula is C11H18N2. The minimum atomic E-state index is 0.403. The first-order valence-electron chi connectivity index (χ1n) is 4.54. The first-order valence-corrected chi connectivity index (χ1v) is 4.54. The molecule has 0 spiro atoms. The molecule has 0 heterocycles. The van der Waals surface area contributed by atoms with Crippen molar-refractivity contribution in [2.75, 3.05) is 13.6 Å². The van der Waals surface area contributed by atoms with Crippen molar-refractivity contribution >= 4 is 0 Å². The molecule has 72 valence electrons. The SMILES string of the molecule is C=C/C(C#N)=C\C(C)[C@@H](C)CNC. The van der Waals surface area contributed by atoms with Gasteiger partial charge < -0.3 is 5.32 Å². The summed E-state index contributed by atoms with van der Waals surface area (Å²) in [5, 5.41) is 11.8. The van der Waals surface area contributed by atoms with Crippen LogP contribution in [0.25, 0.3) is 0 Å². The van der Waals surface area contributed by atoms with E-state index in [0.717, 1.165) is 6.54 Å². The van der Waals surface area contributed by atoms with E-state index in [0.29, 0.717) is 17.4 Å². The molecule has 13 heavy (non-hydrogen) atoms. The monoisotopic (exact) mass is 178 g/mol. The van der Waals surface area contributed by atoms with Crippen molar-refractivity contribution in [1.82, 2.24) is 5.32 Å². The summed E-state index contributed by atoms with van der Waals surface area (Å²) in [5.41, 5.74) is 0.662. The maximum absolute atomic E-state index is 8.68. The van der Waals surface area contributed by atoms with Crippen molar-refractivity contribution in [3.05, 3.63) is 24.3 Å². The van der Waals surface area contributed by atoms with Crippen LogP contribution in [0.4, 0.5) is 0 Å². The lowest BCUT2D eigenvalue weighted by molar-refractivity contribution is 0.440. The van der Waals surface area contributed by atoms with Gasteiger partial charge in [0.2, 0.25) is 0 Å². The fraction of sp³-hybridized carbons (Fsp3) is 0.545. The van der Waals surface area contributed by atoms with Gasteiger partial charge in [-0.25, -0.2) is 0 Å². The van der Waals surface area contributed by atoms with E-state index >= 15 is 0 Å². The second-order valence-electron chi connectivity index (χ2n) is 3.33. The topological polar surface area (TPSA) is 35.8 Å². The molecule has 0 aromatic rings. The number of allylic oxidation sites excluding steroid dienone is 3. The molecule has 0 aliphatic carbocycles. The van der Waals surface area contributed by atoms with Crippen molar-refractivity contribution in [1.29, 1.82) is 5.26 Å². The van der Waals surface area contributed by atoms with Crippen molar-refractivity contribution in [3.63, 3.8) is 0 Å². The fourth-order valence-electron chi connectivity index (χ4n) is 1.11. The summed E-state index contributed by atoms with van der Waals surface area (Å²) < 4.78 is 0. The second kappa shape index (κ2) is 6.45. The normalized spacial score (nSPS) is 16.0. The van der Waals surface area contributed by atoms with E-state index in [-0.39, 0.29) is 0 Å². The summed E-state index contributed by atoms with van der Waals surface area (Å²) in [6, 6.07) is 2.10. The van der Waals surface area contributed by atoms with Gasteiger partial charge in [-0.2, -0.15) is 5.26 Å². The molecule has 0 amide bonds. The smallest absolute Gasteiger partial charge is 0.0988 e. The average Bonchev–Trinajstić information content (AvgIpc) is 2.14. The van der Waals surface area contributed by atoms with E-state index in [1.807, 2.05) is 13.1 Å². The molecule has 0 aliphatic rings. The van der Waals surface area contributed by atoms with Crippen molar-refractivity contribution in [3.8, 4) is 6.07 Å². The Hall–Kier alpha value is -1.07. The summed E-state index contributed by atoms with van der Waals surface area (Å²) >= 11 is 0. The number of hydrogen-bond acceptors (Lipinski definition) is 2. The van der Waals surface area contributed by atoms with Gasteiger partial charge in [-0.1, -0.05) is 32.6 Å². The zero-order valence-corrected chi connectivity index (χ0v) is 8.67. The molecule has 0 bridgehead atoms. The third-order valence-corrected chi connectivity index (χ3v) is 2.22. The van der Waals surface area contributed by atoms with Crippen LogP contribution >= 0.6 is 0 Å². The van der Waals surface area contributed by atoms with Crippen LogP contribution < -0.4 is 5.32 Å². The van der Waals surface area contributed by atoms with E-state index in [2.05, 4.69) is 31.8 Å². The highest BCUT2D eigenvalue weighted by Crippen LogP contribution is 2.13. The van der Waals surface area contributed by atoms with Crippen molar-refractivity contribution in [2.24, 2.45) is 11.8 Å². The Kier molecular flexibility index (Phi) is 5.92. The zero-order chi connectivity index (χ0) is 10.3. The lowest BCUT2D eigenvalue weighted by Crippen LogP contribution is -2.20. The van der Waals surface area contributed by atoms with Gasteiger partial charge in [0.15, 0.2) is 0 Å². The van der Waals surface area contributed by atoms with Crippen LogP contribution in [0.15, 0.2) is 24.3 Å². The molecule has 0 saturated heterocycles. The predicted octanol–water partition coefficient (Wildman–Crippen LogP) is 2.11. The third kappa shape index (κ3) is 4.49. The molecule has 2 heteroatoms. The van der Waals surface area contributed by atoms with Gasteiger partial charge in [-0.15, -0.1) is 0 Å². The molecule has 2 atom stereocenters. The Labute approximate surface area is 81.0 Å². The Balaban J connectivity index is 4.26. The Morgan fingerprint density at radius 3 is 2.62 bits per heavy atom. The van der Waals surface area contributed by atoms with Gasteiger partial charge in [0.05, 0.1) is 6.07 Å². The number of rotatable bonds is 5. The quantitative estimate of drug-likeness (QED) is 0.517. The molecule has 0 aliphatic heterocycles. The first-order chi connectivity index (χ1) is 6.15. The van der Waals surface area contributed by atoms with Gasteiger partial charge in [-0.3, -0.25) is 0 Å². The summed E-state index contributed by atoms with van der Waals surface area (Å²) in [5.74, 6) is 0.938. The van der Waals surface area contributed by atoms with Crippen LogP contribution in [-0.2, 0) is 0 Å². The average molecular weight is 178 g/mol. The van der Waals surface area contributed by atoms with E-state index in [4.69, 9.17) is 5.26 Å². The van der Waals surface area contributed by atoms with Crippen molar-refractivity contribution < 1.29 is 0 Å². The molecule has 0 saturated carbocycles. The number of nitrogens with zero attached hydrogens (tertiary/aromatic N) is 1. The van der Waals surface area contributed by atoms with Crippen LogP contribution in [0.3, 0.4) is 0 Å². The van der Waals surface area contributed by atoms with Gasteiger partial charge >= 0.3 is 0 Å². The number of hydrogen-bond donors (Lipinski definition) is 1. The van der Waals surface area contributed by atoms with Gasteiger partial charge in [-0.05, 0) is 25.4 Å². The highest BCUT2D eigenvalue weighted by Gasteiger charge is 2.08. The molecule has 0 radical (unpaired) electrons. The minimum Gasteiger partial charge on any atom is -0.319 e. The van der Waals surface area contributed by atoms with E-state index in [9.17, 15) is 0 Å². The fourth-order valence-corrected chi connectivity index (χ4v) is 1.11. The zero-order valence-electron chi connectivity index (χ0n) is 8.67. The predicted molar refractivity (Wildman–Crippen MR) is 56.1 cm³/mol. The number of nitriles is 1. The molecule has 0 aromatic carbocycles. The van der Waals surface area contributed by atoms with Gasteiger partial charge in [0.1, 0.15) is 0 Å². The van der Waals surface area contributed by atoms with Crippen LogP contribution in [0.5, 0.6) is 0 Å². The summed E-state index contributed by atoms with van der Waals surface area (Å²) in [4.78, 5) is 0. The standard InChI is InChI=1S/C11H18N2/c1-5-11(7-12)6-9(2)10(3)8-13-4/h5-6,9-10,13H,1,8H2,2-4H3/b11-6+/t9?,10-/m0/s1. The molecule has 2 nitrogen and oxygen atoms in total. The lowest BCUT2D eigenvalue weighted by atomic mass is 9.94. The van der Waals surface area contributed by atoms with Crippen LogP contribution in [0.1, 0.15) is 13.8 Å². The minimum absolute atomic E-state index is 0.403. The van der Waals surface area contributed by atoms with E-state index in [1.54, 1.807) is 6.08 Å². The lowest BCUT2D eigenvalue weighted by Gasteiger charge is -2.15. The highest BCUT2D eigenvalue weighted by molar-refractivity contribution is 5.31. The summed E-state index contributed by atoms with van der Waals surface area (Å²) in [6.45, 7) is 8.83. The first kappa shape index (κ1) is 11.9. The molecule has 0 rings (SSSR count). The van der Waals surface area contributed by atoms with Gasteiger partial charge in [0.25, 0.3) is 0 Å². The highest BCUT2D eigenvalue weighted by atomic mass is 14.8. The summed E-state index contributed by atoms with van der Waals surface area (Å²) in [7, 11) is 1.94. The Morgan fingerprint density at radius 1 is 1.62 bits per heavy atom. The molecule has 1 N–H and O–H groups in total.